The SMILES string of the molecule is O=C(CC(c1ccccc1)(c1ccccc1)c1ccccc1)OOC(=O)CC(c1ccccc1)(c1ccccc1)c1ccccc1. The number of rotatable bonds is 10. The first-order valence-corrected chi connectivity index (χ1v) is 15.4. The number of hydrogen-bond donors (Lipinski definition) is 0. The topological polar surface area (TPSA) is 52.6 Å². The maximum Gasteiger partial charge on any atom is 0.357 e. The van der Waals surface area contributed by atoms with E-state index >= 15 is 0 Å². The lowest BCUT2D eigenvalue weighted by Gasteiger charge is -2.35. The van der Waals surface area contributed by atoms with Crippen LogP contribution >= 0.6 is 0 Å². The van der Waals surface area contributed by atoms with Crippen molar-refractivity contribution in [3.05, 3.63) is 215 Å². The molecule has 0 aliphatic heterocycles. The second kappa shape index (κ2) is 13.9. The smallest absolute Gasteiger partial charge is 0.247 e. The lowest BCUT2D eigenvalue weighted by atomic mass is 9.67. The van der Waals surface area contributed by atoms with E-state index in [1.165, 1.54) is 0 Å². The molecule has 0 heterocycles. The molecule has 226 valence electrons. The van der Waals surface area contributed by atoms with E-state index in [2.05, 4.69) is 0 Å². The summed E-state index contributed by atoms with van der Waals surface area (Å²) in [6.07, 6.45) is -0.168. The van der Waals surface area contributed by atoms with Crippen molar-refractivity contribution >= 4 is 11.9 Å². The fourth-order valence-electron chi connectivity index (χ4n) is 6.53. The van der Waals surface area contributed by atoms with Crippen LogP contribution in [-0.2, 0) is 30.2 Å². The first-order chi connectivity index (χ1) is 22.6. The average Bonchev–Trinajstić information content (AvgIpc) is 3.14. The van der Waals surface area contributed by atoms with E-state index in [1.54, 1.807) is 0 Å². The maximum atomic E-state index is 13.8. The van der Waals surface area contributed by atoms with E-state index in [-0.39, 0.29) is 12.8 Å². The molecule has 0 aliphatic carbocycles. The van der Waals surface area contributed by atoms with Gasteiger partial charge in [-0.25, -0.2) is 19.4 Å². The summed E-state index contributed by atoms with van der Waals surface area (Å²) in [6.45, 7) is 0. The number of carbonyl (C=O) groups excluding carboxylic acids is 2. The molecule has 6 rings (SSSR count). The van der Waals surface area contributed by atoms with Crippen molar-refractivity contribution < 1.29 is 19.4 Å². The van der Waals surface area contributed by atoms with E-state index in [0.717, 1.165) is 33.4 Å². The summed E-state index contributed by atoms with van der Waals surface area (Å²) in [4.78, 5) is 38.3. The van der Waals surface area contributed by atoms with Crippen LogP contribution in [-0.4, -0.2) is 11.9 Å². The lowest BCUT2D eigenvalue weighted by Crippen LogP contribution is -2.35. The molecule has 0 bridgehead atoms. The molecule has 0 spiro atoms. The monoisotopic (exact) mass is 602 g/mol. The van der Waals surface area contributed by atoms with E-state index in [9.17, 15) is 9.59 Å². The molecule has 46 heavy (non-hydrogen) atoms. The van der Waals surface area contributed by atoms with Crippen LogP contribution in [0.3, 0.4) is 0 Å². The Morgan fingerprint density at radius 1 is 0.326 bits per heavy atom. The Hall–Kier alpha value is -5.74. The van der Waals surface area contributed by atoms with Gasteiger partial charge >= 0.3 is 11.9 Å². The highest BCUT2D eigenvalue weighted by Crippen LogP contribution is 2.44. The van der Waals surface area contributed by atoms with Gasteiger partial charge in [0.25, 0.3) is 0 Å². The molecule has 0 unspecified atom stereocenters. The summed E-state index contributed by atoms with van der Waals surface area (Å²) in [6, 6.07) is 59.2. The Balaban J connectivity index is 1.32. The largest absolute Gasteiger partial charge is 0.357 e. The second-order valence-corrected chi connectivity index (χ2v) is 11.3. The van der Waals surface area contributed by atoms with Crippen LogP contribution in [0.1, 0.15) is 46.2 Å². The zero-order chi connectivity index (χ0) is 31.7. The highest BCUT2D eigenvalue weighted by molar-refractivity contribution is 5.78. The number of carbonyl (C=O) groups is 2. The molecular formula is C42H34O4. The lowest BCUT2D eigenvalue weighted by molar-refractivity contribution is -0.260. The van der Waals surface area contributed by atoms with Gasteiger partial charge in [0.2, 0.25) is 0 Å². The van der Waals surface area contributed by atoms with E-state index in [1.807, 2.05) is 182 Å². The van der Waals surface area contributed by atoms with Gasteiger partial charge < -0.3 is 0 Å². The van der Waals surface area contributed by atoms with Gasteiger partial charge in [0.1, 0.15) is 0 Å². The van der Waals surface area contributed by atoms with Crippen LogP contribution in [0, 0.1) is 0 Å². The van der Waals surface area contributed by atoms with Crippen LogP contribution in [0.4, 0.5) is 0 Å². The van der Waals surface area contributed by atoms with Crippen molar-refractivity contribution in [3.63, 3.8) is 0 Å². The van der Waals surface area contributed by atoms with Crippen LogP contribution in [0.2, 0.25) is 0 Å². The molecule has 4 heteroatoms. The first kappa shape index (κ1) is 30.3. The Morgan fingerprint density at radius 3 is 0.674 bits per heavy atom. The average molecular weight is 603 g/mol. The predicted octanol–water partition coefficient (Wildman–Crippen LogP) is 8.84. The summed E-state index contributed by atoms with van der Waals surface area (Å²) >= 11 is 0. The van der Waals surface area contributed by atoms with Crippen molar-refractivity contribution in [2.75, 3.05) is 0 Å². The first-order valence-electron chi connectivity index (χ1n) is 15.4. The van der Waals surface area contributed by atoms with Gasteiger partial charge in [-0.05, 0) is 33.4 Å². The highest BCUT2D eigenvalue weighted by atomic mass is 17.2. The molecule has 4 nitrogen and oxygen atoms in total. The summed E-state index contributed by atoms with van der Waals surface area (Å²) in [5.41, 5.74) is 3.78. The Morgan fingerprint density at radius 2 is 0.500 bits per heavy atom. The molecule has 6 aromatic rings. The Bertz CT molecular complexity index is 1510. The third-order valence-electron chi connectivity index (χ3n) is 8.65. The molecule has 0 saturated heterocycles. The molecule has 0 amide bonds. The molecule has 0 aromatic heterocycles. The fourth-order valence-corrected chi connectivity index (χ4v) is 6.53. The van der Waals surface area contributed by atoms with Crippen LogP contribution in [0.25, 0.3) is 0 Å². The van der Waals surface area contributed by atoms with Gasteiger partial charge in [0.05, 0.1) is 23.7 Å². The van der Waals surface area contributed by atoms with Gasteiger partial charge in [0, 0.05) is 0 Å². The summed E-state index contributed by atoms with van der Waals surface area (Å²) < 4.78 is 0. The van der Waals surface area contributed by atoms with Gasteiger partial charge in [-0.3, -0.25) is 0 Å². The number of hydrogen-bond acceptors (Lipinski definition) is 4. The van der Waals surface area contributed by atoms with Gasteiger partial charge in [0.15, 0.2) is 0 Å². The van der Waals surface area contributed by atoms with E-state index in [0.29, 0.717) is 0 Å². The zero-order valence-corrected chi connectivity index (χ0v) is 25.4. The summed E-state index contributed by atoms with van der Waals surface area (Å²) in [7, 11) is 0. The van der Waals surface area contributed by atoms with Crippen LogP contribution in [0.15, 0.2) is 182 Å². The quantitative estimate of drug-likeness (QED) is 0.0893. The third-order valence-corrected chi connectivity index (χ3v) is 8.65. The van der Waals surface area contributed by atoms with Gasteiger partial charge in [-0.1, -0.05) is 182 Å². The van der Waals surface area contributed by atoms with E-state index in [4.69, 9.17) is 9.78 Å². The van der Waals surface area contributed by atoms with Crippen molar-refractivity contribution in [1.82, 2.24) is 0 Å². The normalized spacial score (nSPS) is 11.4. The van der Waals surface area contributed by atoms with Crippen molar-refractivity contribution in [3.8, 4) is 0 Å². The molecule has 0 aliphatic rings. The van der Waals surface area contributed by atoms with Crippen LogP contribution in [0.5, 0.6) is 0 Å². The summed E-state index contributed by atoms with van der Waals surface area (Å²) in [5, 5.41) is 0. The molecule has 0 saturated carbocycles. The third kappa shape index (κ3) is 6.11. The van der Waals surface area contributed by atoms with E-state index < -0.39 is 22.8 Å². The number of benzene rings is 6. The van der Waals surface area contributed by atoms with Gasteiger partial charge in [-0.15, -0.1) is 0 Å². The minimum atomic E-state index is -0.880. The highest BCUT2D eigenvalue weighted by Gasteiger charge is 2.42. The Labute approximate surface area is 269 Å². The standard InChI is InChI=1S/C42H34O4/c43-39(31-41(33-19-7-1-8-20-33,34-21-9-2-10-22-34)35-23-11-3-12-24-35)45-46-40(44)32-42(36-25-13-4-14-26-36,37-27-15-5-16-28-37)38-29-17-6-18-30-38/h1-30H,31-32H2. The van der Waals surface area contributed by atoms with Gasteiger partial charge in [-0.2, -0.15) is 0 Å². The van der Waals surface area contributed by atoms with Crippen molar-refractivity contribution in [1.29, 1.82) is 0 Å². The summed E-state index contributed by atoms with van der Waals surface area (Å²) in [5.74, 6) is -1.32. The van der Waals surface area contributed by atoms with Crippen LogP contribution < -0.4 is 0 Å². The Kier molecular flexibility index (Phi) is 9.17. The molecule has 0 fully saturated rings. The zero-order valence-electron chi connectivity index (χ0n) is 25.4. The molecule has 0 atom stereocenters. The predicted molar refractivity (Wildman–Crippen MR) is 180 cm³/mol. The fraction of sp³-hybridized carbons (Fsp3) is 0.0952. The molecular weight excluding hydrogens is 568 g/mol. The maximum absolute atomic E-state index is 13.8. The second-order valence-electron chi connectivity index (χ2n) is 11.3. The molecule has 6 aromatic carbocycles. The molecule has 0 N–H and O–H groups in total. The minimum Gasteiger partial charge on any atom is -0.247 e. The minimum absolute atomic E-state index is 0.0838. The molecule has 0 radical (unpaired) electrons. The van der Waals surface area contributed by atoms with Crippen molar-refractivity contribution in [2.45, 2.75) is 23.7 Å². The van der Waals surface area contributed by atoms with Crippen molar-refractivity contribution in [2.24, 2.45) is 0 Å².